The van der Waals surface area contributed by atoms with Gasteiger partial charge in [0.15, 0.2) is 5.82 Å². The predicted octanol–water partition coefficient (Wildman–Crippen LogP) is 4.67. The van der Waals surface area contributed by atoms with Crippen LogP contribution in [0.3, 0.4) is 0 Å². The van der Waals surface area contributed by atoms with Crippen LogP contribution in [0.4, 0.5) is 20.2 Å². The van der Waals surface area contributed by atoms with Crippen molar-refractivity contribution in [2.75, 3.05) is 5.32 Å². The van der Waals surface area contributed by atoms with Crippen molar-refractivity contribution >= 4 is 23.0 Å². The molecule has 0 amide bonds. The summed E-state index contributed by atoms with van der Waals surface area (Å²) in [7, 11) is 0. The van der Waals surface area contributed by atoms with Gasteiger partial charge in [-0.05, 0) is 25.1 Å². The third-order valence-electron chi connectivity index (χ3n) is 2.33. The molecule has 2 aromatic rings. The van der Waals surface area contributed by atoms with E-state index in [9.17, 15) is 8.78 Å². The van der Waals surface area contributed by atoms with E-state index in [0.29, 0.717) is 5.69 Å². The molecule has 0 heterocycles. The van der Waals surface area contributed by atoms with Crippen LogP contribution in [0, 0.1) is 18.6 Å². The highest BCUT2D eigenvalue weighted by atomic mass is 35.5. The Morgan fingerprint density at radius 3 is 2.29 bits per heavy atom. The molecule has 0 spiro atoms. The highest BCUT2D eigenvalue weighted by Gasteiger charge is 2.09. The zero-order valence-corrected chi connectivity index (χ0v) is 9.85. The van der Waals surface area contributed by atoms with Crippen molar-refractivity contribution in [1.29, 1.82) is 0 Å². The molecule has 0 aromatic heterocycles. The molecule has 4 heteroatoms. The number of rotatable bonds is 2. The molecule has 0 atom stereocenters. The predicted molar refractivity (Wildman–Crippen MR) is 65.8 cm³/mol. The van der Waals surface area contributed by atoms with Crippen LogP contribution in [0.5, 0.6) is 0 Å². The summed E-state index contributed by atoms with van der Waals surface area (Å²) in [6, 6.07) is 9.24. The van der Waals surface area contributed by atoms with Crippen molar-refractivity contribution in [3.8, 4) is 0 Å². The first kappa shape index (κ1) is 11.9. The molecule has 0 radical (unpaired) electrons. The van der Waals surface area contributed by atoms with Crippen LogP contribution in [-0.4, -0.2) is 0 Å². The number of aryl methyl sites for hydroxylation is 1. The summed E-state index contributed by atoms with van der Waals surface area (Å²) in [5.74, 6) is -1.41. The lowest BCUT2D eigenvalue weighted by molar-refractivity contribution is 0.586. The van der Waals surface area contributed by atoms with Gasteiger partial charge in [0.1, 0.15) is 5.82 Å². The SMILES string of the molecule is Cc1ccc(Nc2c(F)cc(F)cc2Cl)cc1. The zero-order chi connectivity index (χ0) is 12.4. The number of hydrogen-bond donors (Lipinski definition) is 1. The van der Waals surface area contributed by atoms with Crippen molar-refractivity contribution in [1.82, 2.24) is 0 Å². The average molecular weight is 254 g/mol. The van der Waals surface area contributed by atoms with Gasteiger partial charge in [-0.25, -0.2) is 8.78 Å². The Morgan fingerprint density at radius 2 is 1.71 bits per heavy atom. The summed E-state index contributed by atoms with van der Waals surface area (Å²) in [5, 5.41) is 2.84. The summed E-state index contributed by atoms with van der Waals surface area (Å²) in [4.78, 5) is 0. The average Bonchev–Trinajstić information content (AvgIpc) is 2.26. The van der Waals surface area contributed by atoms with Gasteiger partial charge in [-0.1, -0.05) is 29.3 Å². The van der Waals surface area contributed by atoms with Crippen LogP contribution in [0.15, 0.2) is 36.4 Å². The highest BCUT2D eigenvalue weighted by molar-refractivity contribution is 6.33. The Bertz CT molecular complexity index is 515. The molecule has 0 aliphatic carbocycles. The minimum absolute atomic E-state index is 0.0167. The molecule has 0 aliphatic heterocycles. The zero-order valence-electron chi connectivity index (χ0n) is 9.10. The van der Waals surface area contributed by atoms with E-state index < -0.39 is 11.6 Å². The molecule has 0 unspecified atom stereocenters. The second-order valence-corrected chi connectivity index (χ2v) is 4.14. The van der Waals surface area contributed by atoms with Crippen LogP contribution < -0.4 is 5.32 Å². The van der Waals surface area contributed by atoms with E-state index in [1.165, 1.54) is 0 Å². The summed E-state index contributed by atoms with van der Waals surface area (Å²) in [5.41, 5.74) is 1.88. The van der Waals surface area contributed by atoms with Gasteiger partial charge in [0.05, 0.1) is 10.7 Å². The minimum atomic E-state index is -0.712. The largest absolute Gasteiger partial charge is 0.352 e. The number of anilines is 2. The first-order valence-corrected chi connectivity index (χ1v) is 5.42. The molecule has 0 bridgehead atoms. The maximum absolute atomic E-state index is 13.5. The summed E-state index contributed by atoms with van der Waals surface area (Å²) in [6.07, 6.45) is 0. The van der Waals surface area contributed by atoms with E-state index in [4.69, 9.17) is 11.6 Å². The molecule has 88 valence electrons. The Hall–Kier alpha value is -1.61. The molecule has 17 heavy (non-hydrogen) atoms. The van der Waals surface area contributed by atoms with Crippen molar-refractivity contribution in [2.45, 2.75) is 6.92 Å². The van der Waals surface area contributed by atoms with Crippen LogP contribution in [0.1, 0.15) is 5.56 Å². The molecule has 2 rings (SSSR count). The third-order valence-corrected chi connectivity index (χ3v) is 2.63. The van der Waals surface area contributed by atoms with E-state index in [1.54, 1.807) is 12.1 Å². The van der Waals surface area contributed by atoms with Crippen molar-refractivity contribution in [3.63, 3.8) is 0 Å². The van der Waals surface area contributed by atoms with Gasteiger partial charge in [0, 0.05) is 11.8 Å². The molecule has 2 aromatic carbocycles. The molecule has 1 N–H and O–H groups in total. The lowest BCUT2D eigenvalue weighted by atomic mass is 10.2. The number of halogens is 3. The number of hydrogen-bond acceptors (Lipinski definition) is 1. The molecule has 0 aliphatic rings. The van der Waals surface area contributed by atoms with Crippen molar-refractivity contribution in [3.05, 3.63) is 58.6 Å². The highest BCUT2D eigenvalue weighted by Crippen LogP contribution is 2.29. The van der Waals surface area contributed by atoms with Crippen LogP contribution in [0.25, 0.3) is 0 Å². The van der Waals surface area contributed by atoms with E-state index in [2.05, 4.69) is 5.32 Å². The standard InChI is InChI=1S/C13H10ClF2N/c1-8-2-4-10(5-3-8)17-13-11(14)6-9(15)7-12(13)16/h2-7,17H,1H3. The lowest BCUT2D eigenvalue weighted by Crippen LogP contribution is -1.96. The van der Waals surface area contributed by atoms with Crippen LogP contribution in [-0.2, 0) is 0 Å². The molecule has 0 fully saturated rings. The minimum Gasteiger partial charge on any atom is -0.352 e. The van der Waals surface area contributed by atoms with E-state index >= 15 is 0 Å². The fourth-order valence-electron chi connectivity index (χ4n) is 1.44. The summed E-state index contributed by atoms with van der Waals surface area (Å²) in [6.45, 7) is 1.95. The maximum atomic E-state index is 13.5. The molecule has 0 saturated heterocycles. The van der Waals surface area contributed by atoms with Gasteiger partial charge < -0.3 is 5.32 Å². The fraction of sp³-hybridized carbons (Fsp3) is 0.0769. The van der Waals surface area contributed by atoms with Gasteiger partial charge in [0.2, 0.25) is 0 Å². The molecule has 0 saturated carbocycles. The molecule has 1 nitrogen and oxygen atoms in total. The van der Waals surface area contributed by atoms with Gasteiger partial charge in [-0.3, -0.25) is 0 Å². The van der Waals surface area contributed by atoms with E-state index in [0.717, 1.165) is 17.7 Å². The van der Waals surface area contributed by atoms with E-state index in [1.807, 2.05) is 19.1 Å². The Morgan fingerprint density at radius 1 is 1.06 bits per heavy atom. The van der Waals surface area contributed by atoms with Crippen molar-refractivity contribution in [2.24, 2.45) is 0 Å². The Balaban J connectivity index is 2.33. The monoisotopic (exact) mass is 253 g/mol. The Labute approximate surface area is 103 Å². The van der Waals surface area contributed by atoms with Gasteiger partial charge in [-0.2, -0.15) is 0 Å². The molecular weight excluding hydrogens is 244 g/mol. The first-order chi connectivity index (χ1) is 8.06. The Kier molecular flexibility index (Phi) is 3.29. The smallest absolute Gasteiger partial charge is 0.151 e. The summed E-state index contributed by atoms with van der Waals surface area (Å²) >= 11 is 5.77. The van der Waals surface area contributed by atoms with Gasteiger partial charge in [0.25, 0.3) is 0 Å². The topological polar surface area (TPSA) is 12.0 Å². The van der Waals surface area contributed by atoms with Crippen LogP contribution >= 0.6 is 11.6 Å². The van der Waals surface area contributed by atoms with Gasteiger partial charge in [-0.15, -0.1) is 0 Å². The maximum Gasteiger partial charge on any atom is 0.151 e. The fourth-order valence-corrected chi connectivity index (χ4v) is 1.68. The quantitative estimate of drug-likeness (QED) is 0.820. The second kappa shape index (κ2) is 4.72. The third kappa shape index (κ3) is 2.74. The summed E-state index contributed by atoms with van der Waals surface area (Å²) < 4.78 is 26.3. The second-order valence-electron chi connectivity index (χ2n) is 3.74. The van der Waals surface area contributed by atoms with E-state index in [-0.39, 0.29) is 10.7 Å². The normalized spacial score (nSPS) is 10.4. The lowest BCUT2D eigenvalue weighted by Gasteiger charge is -2.09. The van der Waals surface area contributed by atoms with Gasteiger partial charge >= 0.3 is 0 Å². The first-order valence-electron chi connectivity index (χ1n) is 5.04. The number of nitrogens with one attached hydrogen (secondary N) is 1. The number of benzene rings is 2. The van der Waals surface area contributed by atoms with Crippen molar-refractivity contribution < 1.29 is 8.78 Å². The molecular formula is C13H10ClF2N. The van der Waals surface area contributed by atoms with Crippen LogP contribution in [0.2, 0.25) is 5.02 Å².